The van der Waals surface area contributed by atoms with Crippen LogP contribution >= 0.6 is 11.3 Å². The van der Waals surface area contributed by atoms with Crippen LogP contribution in [-0.2, 0) is 6.54 Å². The van der Waals surface area contributed by atoms with Gasteiger partial charge in [-0.2, -0.15) is 0 Å². The molecule has 94 valence electrons. The first-order valence-corrected chi connectivity index (χ1v) is 6.68. The zero-order valence-corrected chi connectivity index (χ0v) is 11.0. The number of aliphatic hydroxyl groups excluding tert-OH is 2. The van der Waals surface area contributed by atoms with Crippen LogP contribution in [0.3, 0.4) is 0 Å². The molecule has 1 aromatic rings. The van der Waals surface area contributed by atoms with Crippen LogP contribution in [-0.4, -0.2) is 41.4 Å². The van der Waals surface area contributed by atoms with E-state index < -0.39 is 0 Å². The molecule has 0 saturated carbocycles. The Kier molecular flexibility index (Phi) is 6.90. The lowest BCUT2D eigenvalue weighted by atomic mass is 10.3. The molecule has 0 bridgehead atoms. The fraction of sp³-hybridized carbons (Fsp3) is 0.538. The number of rotatable bonds is 6. The standard InChI is InChI=1S/C13H19NO2S/c1-2-14(6-8-16)10-13-9-12(11-17-13)5-3-4-7-15/h9,11,15-16H,2,4,6-8,10H2,1H3. The topological polar surface area (TPSA) is 43.7 Å². The summed E-state index contributed by atoms with van der Waals surface area (Å²) in [6.45, 7) is 4.91. The predicted octanol–water partition coefficient (Wildman–Crippen LogP) is 1.30. The first kappa shape index (κ1) is 14.2. The maximum Gasteiger partial charge on any atom is 0.0558 e. The molecule has 0 spiro atoms. The Labute approximate surface area is 107 Å². The summed E-state index contributed by atoms with van der Waals surface area (Å²) >= 11 is 1.69. The monoisotopic (exact) mass is 253 g/mol. The highest BCUT2D eigenvalue weighted by molar-refractivity contribution is 7.10. The largest absolute Gasteiger partial charge is 0.395 e. The van der Waals surface area contributed by atoms with Crippen molar-refractivity contribution in [1.29, 1.82) is 0 Å². The van der Waals surface area contributed by atoms with E-state index >= 15 is 0 Å². The van der Waals surface area contributed by atoms with Gasteiger partial charge < -0.3 is 10.2 Å². The van der Waals surface area contributed by atoms with Gasteiger partial charge in [-0.1, -0.05) is 18.8 Å². The number of aliphatic hydroxyl groups is 2. The molecule has 0 aliphatic carbocycles. The molecule has 0 aliphatic heterocycles. The second-order valence-corrected chi connectivity index (χ2v) is 4.67. The molecular formula is C13H19NO2S. The number of hydrogen-bond donors (Lipinski definition) is 2. The molecule has 0 atom stereocenters. The van der Waals surface area contributed by atoms with Crippen molar-refractivity contribution in [3.05, 3.63) is 21.9 Å². The van der Waals surface area contributed by atoms with Gasteiger partial charge in [0, 0.05) is 35.3 Å². The summed E-state index contributed by atoms with van der Waals surface area (Å²) in [6, 6.07) is 2.08. The summed E-state index contributed by atoms with van der Waals surface area (Å²) < 4.78 is 0. The van der Waals surface area contributed by atoms with Crippen molar-refractivity contribution >= 4 is 11.3 Å². The van der Waals surface area contributed by atoms with Gasteiger partial charge in [-0.05, 0) is 12.6 Å². The van der Waals surface area contributed by atoms with Crippen molar-refractivity contribution in [2.45, 2.75) is 19.9 Å². The first-order valence-electron chi connectivity index (χ1n) is 5.80. The summed E-state index contributed by atoms with van der Waals surface area (Å²) in [6.07, 6.45) is 0.525. The molecule has 2 N–H and O–H groups in total. The molecule has 4 heteroatoms. The highest BCUT2D eigenvalue weighted by Crippen LogP contribution is 2.16. The van der Waals surface area contributed by atoms with Gasteiger partial charge in [0.2, 0.25) is 0 Å². The van der Waals surface area contributed by atoms with Crippen LogP contribution in [0, 0.1) is 11.8 Å². The molecule has 0 unspecified atom stereocenters. The Bertz CT molecular complexity index is 378. The fourth-order valence-corrected chi connectivity index (χ4v) is 2.32. The van der Waals surface area contributed by atoms with Gasteiger partial charge in [0.1, 0.15) is 0 Å². The van der Waals surface area contributed by atoms with Crippen LogP contribution < -0.4 is 0 Å². The van der Waals surface area contributed by atoms with Crippen molar-refractivity contribution in [1.82, 2.24) is 4.90 Å². The normalized spacial score (nSPS) is 10.4. The van der Waals surface area contributed by atoms with Crippen LogP contribution in [0.2, 0.25) is 0 Å². The molecule has 1 rings (SSSR count). The molecule has 3 nitrogen and oxygen atoms in total. The third-order valence-electron chi connectivity index (χ3n) is 2.37. The van der Waals surface area contributed by atoms with Gasteiger partial charge in [-0.15, -0.1) is 11.3 Å². The van der Waals surface area contributed by atoms with E-state index in [0.717, 1.165) is 18.7 Å². The summed E-state index contributed by atoms with van der Waals surface area (Å²) in [7, 11) is 0. The predicted molar refractivity (Wildman–Crippen MR) is 70.9 cm³/mol. The zero-order chi connectivity index (χ0) is 12.5. The SMILES string of the molecule is CCN(CCO)Cc1cc(C#CCCO)cs1. The van der Waals surface area contributed by atoms with Crippen molar-refractivity contribution in [2.75, 3.05) is 26.3 Å². The maximum atomic E-state index is 8.91. The molecule has 17 heavy (non-hydrogen) atoms. The zero-order valence-electron chi connectivity index (χ0n) is 10.1. The first-order chi connectivity index (χ1) is 8.30. The second kappa shape index (κ2) is 8.26. The van der Waals surface area contributed by atoms with Crippen LogP contribution in [0.15, 0.2) is 11.4 Å². The van der Waals surface area contributed by atoms with Crippen molar-refractivity contribution in [2.24, 2.45) is 0 Å². The van der Waals surface area contributed by atoms with E-state index in [4.69, 9.17) is 10.2 Å². The van der Waals surface area contributed by atoms with Crippen LogP contribution in [0.25, 0.3) is 0 Å². The molecule has 0 fully saturated rings. The Balaban J connectivity index is 2.53. The Hall–Kier alpha value is -0.860. The molecule has 1 heterocycles. The van der Waals surface area contributed by atoms with E-state index in [-0.39, 0.29) is 13.2 Å². The Morgan fingerprint density at radius 1 is 1.35 bits per heavy atom. The second-order valence-electron chi connectivity index (χ2n) is 3.67. The van der Waals surface area contributed by atoms with Crippen LogP contribution in [0.1, 0.15) is 23.8 Å². The fourth-order valence-electron chi connectivity index (χ4n) is 1.46. The Morgan fingerprint density at radius 3 is 2.82 bits per heavy atom. The van der Waals surface area contributed by atoms with Gasteiger partial charge in [-0.25, -0.2) is 0 Å². The average Bonchev–Trinajstić information content (AvgIpc) is 2.77. The third-order valence-corrected chi connectivity index (χ3v) is 3.29. The van der Waals surface area contributed by atoms with Crippen LogP contribution in [0.4, 0.5) is 0 Å². The van der Waals surface area contributed by atoms with E-state index in [9.17, 15) is 0 Å². The third kappa shape index (κ3) is 5.33. The van der Waals surface area contributed by atoms with E-state index in [1.54, 1.807) is 11.3 Å². The van der Waals surface area contributed by atoms with Crippen molar-refractivity contribution in [3.8, 4) is 11.8 Å². The minimum Gasteiger partial charge on any atom is -0.395 e. The van der Waals surface area contributed by atoms with Gasteiger partial charge in [0.25, 0.3) is 0 Å². The maximum absolute atomic E-state index is 8.91. The summed E-state index contributed by atoms with van der Waals surface area (Å²) in [5.41, 5.74) is 1.01. The van der Waals surface area contributed by atoms with Gasteiger partial charge in [0.05, 0.1) is 13.2 Å². The van der Waals surface area contributed by atoms with Crippen molar-refractivity contribution < 1.29 is 10.2 Å². The minimum absolute atomic E-state index is 0.115. The average molecular weight is 253 g/mol. The van der Waals surface area contributed by atoms with Gasteiger partial charge >= 0.3 is 0 Å². The number of likely N-dealkylation sites (N-methyl/N-ethyl adjacent to an activating group) is 1. The van der Waals surface area contributed by atoms with E-state index in [0.29, 0.717) is 13.0 Å². The highest BCUT2D eigenvalue weighted by Gasteiger charge is 2.04. The Morgan fingerprint density at radius 2 is 2.18 bits per heavy atom. The molecule has 0 aromatic carbocycles. The number of nitrogens with zero attached hydrogens (tertiary/aromatic N) is 1. The summed E-state index contributed by atoms with van der Waals surface area (Å²) in [5.74, 6) is 5.93. The van der Waals surface area contributed by atoms with E-state index in [2.05, 4.69) is 29.7 Å². The lowest BCUT2D eigenvalue weighted by Gasteiger charge is -2.17. The highest BCUT2D eigenvalue weighted by atomic mass is 32.1. The van der Waals surface area contributed by atoms with Crippen LogP contribution in [0.5, 0.6) is 0 Å². The molecule has 0 saturated heterocycles. The van der Waals surface area contributed by atoms with E-state index in [1.807, 2.05) is 5.38 Å². The summed E-state index contributed by atoms with van der Waals surface area (Å²) in [4.78, 5) is 3.45. The molecule has 1 aromatic heterocycles. The lowest BCUT2D eigenvalue weighted by Crippen LogP contribution is -2.25. The van der Waals surface area contributed by atoms with Crippen molar-refractivity contribution in [3.63, 3.8) is 0 Å². The number of hydrogen-bond acceptors (Lipinski definition) is 4. The van der Waals surface area contributed by atoms with Gasteiger partial charge in [0.15, 0.2) is 0 Å². The smallest absolute Gasteiger partial charge is 0.0558 e. The number of thiophene rings is 1. The molecular weight excluding hydrogens is 234 g/mol. The summed E-state index contributed by atoms with van der Waals surface area (Å²) in [5, 5.41) is 19.6. The molecule has 0 aliphatic rings. The molecule has 0 radical (unpaired) electrons. The molecule has 0 amide bonds. The minimum atomic E-state index is 0.115. The van der Waals surface area contributed by atoms with Gasteiger partial charge in [-0.3, -0.25) is 4.90 Å². The quantitative estimate of drug-likeness (QED) is 0.751. The van der Waals surface area contributed by atoms with E-state index in [1.165, 1.54) is 4.88 Å². The lowest BCUT2D eigenvalue weighted by molar-refractivity contribution is 0.198.